The number of nitrogen functional groups attached to an aromatic ring is 1. The quantitative estimate of drug-likeness (QED) is 0.403. The van der Waals surface area contributed by atoms with Gasteiger partial charge in [-0.05, 0) is 19.1 Å². The Balaban J connectivity index is 2.41. The van der Waals surface area contributed by atoms with E-state index in [1.165, 1.54) is 10.8 Å². The molecule has 0 unspecified atom stereocenters. The fourth-order valence-electron chi connectivity index (χ4n) is 2.14. The molecule has 9 nitrogen and oxygen atoms in total. The summed E-state index contributed by atoms with van der Waals surface area (Å²) in [6, 6.07) is 0. The second-order valence-electron chi connectivity index (χ2n) is 4.68. The Bertz CT molecular complexity index is 621. The molecule has 10 heteroatoms. The molecule has 4 atom stereocenters. The van der Waals surface area contributed by atoms with Crippen molar-refractivity contribution in [2.24, 2.45) is 0 Å². The first kappa shape index (κ1) is 16.8. The van der Waals surface area contributed by atoms with E-state index in [9.17, 15) is 15.0 Å². The van der Waals surface area contributed by atoms with Crippen molar-refractivity contribution in [3.63, 3.8) is 0 Å². The summed E-state index contributed by atoms with van der Waals surface area (Å²) in [5.41, 5.74) is 5.62. The molecule has 0 bridgehead atoms. The van der Waals surface area contributed by atoms with Crippen LogP contribution in [0.15, 0.2) is 6.20 Å². The summed E-state index contributed by atoms with van der Waals surface area (Å²) in [6.45, 7) is 1.32. The van der Waals surface area contributed by atoms with Crippen molar-refractivity contribution in [3.05, 3.63) is 16.5 Å². The fraction of sp³-hybridized carbons (Fsp3) is 0.583. The average Bonchev–Trinajstić information content (AvgIpc) is 2.75. The number of aliphatic hydroxyl groups excluding tert-OH is 3. The van der Waals surface area contributed by atoms with E-state index in [0.717, 1.165) is 0 Å². The zero-order chi connectivity index (χ0) is 16.4. The number of anilines is 1. The van der Waals surface area contributed by atoms with Crippen LogP contribution in [0, 0.1) is 4.77 Å². The zero-order valence-electron chi connectivity index (χ0n) is 11.7. The van der Waals surface area contributed by atoms with Crippen LogP contribution in [0.2, 0.25) is 0 Å². The number of aliphatic hydroxyl groups is 3. The summed E-state index contributed by atoms with van der Waals surface area (Å²) in [5, 5.41) is 28.9. The van der Waals surface area contributed by atoms with Gasteiger partial charge in [0.2, 0.25) is 4.77 Å². The van der Waals surface area contributed by atoms with E-state index in [2.05, 4.69) is 4.98 Å². The van der Waals surface area contributed by atoms with Crippen LogP contribution in [-0.4, -0.2) is 62.4 Å². The Hall–Kier alpha value is -1.59. The topological polar surface area (TPSA) is 140 Å². The molecule has 0 aliphatic carbocycles. The normalized spacial score (nSPS) is 27.8. The Morgan fingerprint density at radius 2 is 2.23 bits per heavy atom. The number of rotatable bonds is 4. The van der Waals surface area contributed by atoms with Gasteiger partial charge in [-0.3, -0.25) is 4.57 Å². The van der Waals surface area contributed by atoms with Gasteiger partial charge in [0, 0.05) is 6.20 Å². The molecule has 1 aliphatic heterocycles. The van der Waals surface area contributed by atoms with Gasteiger partial charge < -0.3 is 30.5 Å². The van der Waals surface area contributed by atoms with Crippen molar-refractivity contribution in [3.8, 4) is 0 Å². The van der Waals surface area contributed by atoms with Crippen molar-refractivity contribution >= 4 is 24.0 Å². The summed E-state index contributed by atoms with van der Waals surface area (Å²) >= 11 is 5.04. The van der Waals surface area contributed by atoms with Crippen LogP contribution in [0.1, 0.15) is 23.5 Å². The Morgan fingerprint density at radius 1 is 1.55 bits per heavy atom. The second-order valence-corrected chi connectivity index (χ2v) is 5.04. The summed E-state index contributed by atoms with van der Waals surface area (Å²) < 4.78 is 11.4. The van der Waals surface area contributed by atoms with E-state index in [0.29, 0.717) is 0 Å². The lowest BCUT2D eigenvalue weighted by Crippen LogP contribution is -2.33. The Labute approximate surface area is 130 Å². The first-order valence-corrected chi connectivity index (χ1v) is 6.99. The lowest BCUT2D eigenvalue weighted by molar-refractivity contribution is -0.0541. The molecule has 2 rings (SSSR count). The van der Waals surface area contributed by atoms with Gasteiger partial charge in [-0.1, -0.05) is 0 Å². The van der Waals surface area contributed by atoms with Crippen LogP contribution in [0.4, 0.5) is 5.82 Å². The molecule has 0 saturated carbocycles. The van der Waals surface area contributed by atoms with Crippen LogP contribution in [-0.2, 0) is 9.47 Å². The Morgan fingerprint density at radius 3 is 2.77 bits per heavy atom. The molecule has 5 N–H and O–H groups in total. The van der Waals surface area contributed by atoms with Crippen LogP contribution >= 0.6 is 12.2 Å². The minimum atomic E-state index is -1.34. The molecule has 0 aromatic carbocycles. The summed E-state index contributed by atoms with van der Waals surface area (Å²) in [7, 11) is 0. The molecular weight excluding hydrogens is 314 g/mol. The minimum absolute atomic E-state index is 0.0341. The van der Waals surface area contributed by atoms with Crippen LogP contribution in [0.5, 0.6) is 0 Å². The average molecular weight is 331 g/mol. The van der Waals surface area contributed by atoms with Gasteiger partial charge >= 0.3 is 5.97 Å². The SMILES string of the molecule is CCOC(=O)c1cn([C@@H]2O[C@H](CO)[C@@H](O)[C@H]2O)c(=S)nc1N. The molecule has 122 valence electrons. The van der Waals surface area contributed by atoms with E-state index < -0.39 is 37.1 Å². The van der Waals surface area contributed by atoms with E-state index >= 15 is 0 Å². The van der Waals surface area contributed by atoms with Gasteiger partial charge in [-0.2, -0.15) is 0 Å². The zero-order valence-corrected chi connectivity index (χ0v) is 12.6. The lowest BCUT2D eigenvalue weighted by atomic mass is 10.1. The monoisotopic (exact) mass is 331 g/mol. The minimum Gasteiger partial charge on any atom is -0.462 e. The maximum Gasteiger partial charge on any atom is 0.343 e. The summed E-state index contributed by atoms with van der Waals surface area (Å²) in [4.78, 5) is 15.7. The first-order valence-electron chi connectivity index (χ1n) is 6.59. The lowest BCUT2D eigenvalue weighted by Gasteiger charge is -2.19. The van der Waals surface area contributed by atoms with Crippen molar-refractivity contribution in [2.75, 3.05) is 18.9 Å². The summed E-state index contributed by atoms with van der Waals surface area (Å²) in [5.74, 6) is -0.797. The van der Waals surface area contributed by atoms with E-state index in [-0.39, 0.29) is 22.8 Å². The predicted molar refractivity (Wildman–Crippen MR) is 76.4 cm³/mol. The summed E-state index contributed by atoms with van der Waals surface area (Å²) in [6.07, 6.45) is -3.44. The third-order valence-electron chi connectivity index (χ3n) is 3.27. The number of aromatic nitrogens is 2. The molecule has 0 spiro atoms. The maximum absolute atomic E-state index is 11.8. The van der Waals surface area contributed by atoms with E-state index in [1.54, 1.807) is 6.92 Å². The number of hydrogen-bond acceptors (Lipinski definition) is 9. The van der Waals surface area contributed by atoms with Gasteiger partial charge in [0.15, 0.2) is 6.23 Å². The molecule has 1 aromatic heterocycles. The van der Waals surface area contributed by atoms with Gasteiger partial charge in [-0.25, -0.2) is 9.78 Å². The van der Waals surface area contributed by atoms with E-state index in [1.807, 2.05) is 0 Å². The highest BCUT2D eigenvalue weighted by atomic mass is 32.1. The van der Waals surface area contributed by atoms with Gasteiger partial charge in [-0.15, -0.1) is 0 Å². The van der Waals surface area contributed by atoms with Crippen LogP contribution < -0.4 is 5.73 Å². The van der Waals surface area contributed by atoms with Gasteiger partial charge in [0.25, 0.3) is 0 Å². The highest BCUT2D eigenvalue weighted by Crippen LogP contribution is 2.30. The number of esters is 1. The van der Waals surface area contributed by atoms with Crippen LogP contribution in [0.3, 0.4) is 0 Å². The molecule has 0 radical (unpaired) electrons. The number of hydrogen-bond donors (Lipinski definition) is 4. The van der Waals surface area contributed by atoms with Crippen molar-refractivity contribution in [2.45, 2.75) is 31.5 Å². The smallest absolute Gasteiger partial charge is 0.343 e. The highest BCUT2D eigenvalue weighted by Gasteiger charge is 2.43. The van der Waals surface area contributed by atoms with Gasteiger partial charge in [0.1, 0.15) is 29.7 Å². The standard InChI is InChI=1S/C12H17N3O6S/c1-2-20-11(19)5-3-15(12(22)14-9(5)13)10-8(18)7(17)6(4-16)21-10/h3,6-8,10,16-18H,2,4H2,1H3,(H2,13,14,22)/t6-,7-,8-,10-/m1/s1. The first-order chi connectivity index (χ1) is 10.4. The highest BCUT2D eigenvalue weighted by molar-refractivity contribution is 7.71. The molecule has 1 aromatic rings. The maximum atomic E-state index is 11.8. The molecule has 1 saturated heterocycles. The molecule has 1 fully saturated rings. The van der Waals surface area contributed by atoms with Gasteiger partial charge in [0.05, 0.1) is 13.2 Å². The fourth-order valence-corrected chi connectivity index (χ4v) is 2.39. The second kappa shape index (κ2) is 6.67. The van der Waals surface area contributed by atoms with Crippen molar-refractivity contribution < 1.29 is 29.6 Å². The number of ether oxygens (including phenoxy) is 2. The third kappa shape index (κ3) is 2.96. The number of carbonyl (C=O) groups is 1. The molecule has 2 heterocycles. The Kier molecular flexibility index (Phi) is 5.08. The van der Waals surface area contributed by atoms with E-state index in [4.69, 9.17) is 32.5 Å². The number of nitrogens with zero attached hydrogens (tertiary/aromatic N) is 2. The van der Waals surface area contributed by atoms with Crippen molar-refractivity contribution in [1.29, 1.82) is 0 Å². The number of carbonyl (C=O) groups excluding carboxylic acids is 1. The molecule has 0 amide bonds. The predicted octanol–water partition coefficient (Wildman–Crippen LogP) is -1.02. The van der Waals surface area contributed by atoms with Crippen LogP contribution in [0.25, 0.3) is 0 Å². The molecule has 1 aliphatic rings. The largest absolute Gasteiger partial charge is 0.462 e. The molecule has 22 heavy (non-hydrogen) atoms. The number of nitrogens with two attached hydrogens (primary N) is 1. The third-order valence-corrected chi connectivity index (χ3v) is 3.57. The molecular formula is C12H17N3O6S. The van der Waals surface area contributed by atoms with Crippen molar-refractivity contribution in [1.82, 2.24) is 9.55 Å².